The number of nitrogens with one attached hydrogen (secondary N) is 1. The van der Waals surface area contributed by atoms with Crippen LogP contribution in [0.25, 0.3) is 0 Å². The molecule has 1 aromatic carbocycles. The van der Waals surface area contributed by atoms with Crippen LogP contribution in [-0.4, -0.2) is 12.2 Å². The number of hydrogen-bond acceptors (Lipinski definition) is 2. The molecule has 1 aromatic rings. The second-order valence-electron chi connectivity index (χ2n) is 4.13. The molecule has 1 N–H and O–H groups in total. The summed E-state index contributed by atoms with van der Waals surface area (Å²) >= 11 is 0. The summed E-state index contributed by atoms with van der Waals surface area (Å²) in [5, 5.41) is 11.7. The Morgan fingerprint density at radius 1 is 1.28 bits per heavy atom. The van der Waals surface area contributed by atoms with Crippen LogP contribution >= 0.6 is 0 Å². The highest BCUT2D eigenvalue weighted by Gasteiger charge is 2.28. The lowest BCUT2D eigenvalue weighted by Gasteiger charge is -2.19. The minimum Gasteiger partial charge on any atom is -0.295 e. The van der Waals surface area contributed by atoms with Crippen molar-refractivity contribution in [3.8, 4) is 6.07 Å². The molecule has 0 saturated heterocycles. The highest BCUT2D eigenvalue weighted by molar-refractivity contribution is 5.18. The number of nitriles is 1. The Morgan fingerprint density at radius 3 is 2.39 bits per heavy atom. The number of halogens is 3. The SMILES string of the molecule is C[C@@H](N[C@@H](C#N)CCC(F)(F)F)c1ccccc1. The molecule has 5 heteroatoms. The van der Waals surface area contributed by atoms with Gasteiger partial charge in [-0.1, -0.05) is 30.3 Å². The van der Waals surface area contributed by atoms with Gasteiger partial charge in [-0.3, -0.25) is 5.32 Å². The molecule has 18 heavy (non-hydrogen) atoms. The van der Waals surface area contributed by atoms with Crippen molar-refractivity contribution in [2.75, 3.05) is 0 Å². The molecule has 98 valence electrons. The van der Waals surface area contributed by atoms with Crippen molar-refractivity contribution >= 4 is 0 Å². The molecule has 0 amide bonds. The van der Waals surface area contributed by atoms with Crippen LogP contribution in [0.2, 0.25) is 0 Å². The van der Waals surface area contributed by atoms with E-state index in [-0.39, 0.29) is 12.5 Å². The Morgan fingerprint density at radius 2 is 1.89 bits per heavy atom. The molecule has 0 aliphatic heterocycles. The lowest BCUT2D eigenvalue weighted by atomic mass is 10.1. The number of hydrogen-bond donors (Lipinski definition) is 1. The summed E-state index contributed by atoms with van der Waals surface area (Å²) in [6.07, 6.45) is -5.39. The lowest BCUT2D eigenvalue weighted by molar-refractivity contribution is -0.136. The first-order valence-electron chi connectivity index (χ1n) is 5.70. The summed E-state index contributed by atoms with van der Waals surface area (Å²) in [5.41, 5.74) is 0.949. The van der Waals surface area contributed by atoms with E-state index in [0.717, 1.165) is 5.56 Å². The number of benzene rings is 1. The monoisotopic (exact) mass is 256 g/mol. The molecule has 0 unspecified atom stereocenters. The Labute approximate surface area is 104 Å². The van der Waals surface area contributed by atoms with Crippen molar-refractivity contribution in [2.24, 2.45) is 0 Å². The quantitative estimate of drug-likeness (QED) is 0.874. The van der Waals surface area contributed by atoms with Gasteiger partial charge in [0.2, 0.25) is 0 Å². The second-order valence-corrected chi connectivity index (χ2v) is 4.13. The molecule has 2 atom stereocenters. The van der Waals surface area contributed by atoms with Gasteiger partial charge in [0.25, 0.3) is 0 Å². The van der Waals surface area contributed by atoms with E-state index < -0.39 is 18.6 Å². The first kappa shape index (κ1) is 14.5. The number of alkyl halides is 3. The predicted molar refractivity (Wildman–Crippen MR) is 62.7 cm³/mol. The minimum absolute atomic E-state index is 0.149. The highest BCUT2D eigenvalue weighted by Crippen LogP contribution is 2.23. The van der Waals surface area contributed by atoms with Crippen molar-refractivity contribution in [3.05, 3.63) is 35.9 Å². The van der Waals surface area contributed by atoms with Crippen LogP contribution in [0.5, 0.6) is 0 Å². The maximum Gasteiger partial charge on any atom is 0.389 e. The third-order valence-corrected chi connectivity index (χ3v) is 2.62. The van der Waals surface area contributed by atoms with Gasteiger partial charge < -0.3 is 0 Å². The van der Waals surface area contributed by atoms with Crippen LogP contribution in [0.1, 0.15) is 31.4 Å². The zero-order chi connectivity index (χ0) is 13.6. The summed E-state index contributed by atoms with van der Waals surface area (Å²) < 4.78 is 36.2. The number of nitrogens with zero attached hydrogens (tertiary/aromatic N) is 1. The van der Waals surface area contributed by atoms with Gasteiger partial charge in [-0.15, -0.1) is 0 Å². The van der Waals surface area contributed by atoms with Crippen LogP contribution in [0.15, 0.2) is 30.3 Å². The molecule has 0 bridgehead atoms. The molecule has 0 aliphatic rings. The second kappa shape index (κ2) is 6.41. The molecule has 0 saturated carbocycles. The van der Waals surface area contributed by atoms with Crippen LogP contribution in [0.4, 0.5) is 13.2 Å². The molecular formula is C13H15F3N2. The summed E-state index contributed by atoms with van der Waals surface area (Å²) in [6.45, 7) is 1.83. The van der Waals surface area contributed by atoms with Gasteiger partial charge in [0.1, 0.15) is 0 Å². The van der Waals surface area contributed by atoms with E-state index in [9.17, 15) is 13.2 Å². The molecule has 0 aliphatic carbocycles. The smallest absolute Gasteiger partial charge is 0.295 e. The van der Waals surface area contributed by atoms with Gasteiger partial charge in [-0.2, -0.15) is 18.4 Å². The Hall–Kier alpha value is -1.54. The van der Waals surface area contributed by atoms with Crippen LogP contribution in [0, 0.1) is 11.3 Å². The molecule has 1 rings (SSSR count). The highest BCUT2D eigenvalue weighted by atomic mass is 19.4. The van der Waals surface area contributed by atoms with E-state index in [2.05, 4.69) is 5.32 Å². The fourth-order valence-corrected chi connectivity index (χ4v) is 1.63. The molecule has 0 radical (unpaired) electrons. The Balaban J connectivity index is 2.51. The van der Waals surface area contributed by atoms with E-state index >= 15 is 0 Å². The van der Waals surface area contributed by atoms with E-state index in [1.807, 2.05) is 43.3 Å². The zero-order valence-corrected chi connectivity index (χ0v) is 10.0. The van der Waals surface area contributed by atoms with Crippen molar-refractivity contribution in [2.45, 2.75) is 38.0 Å². The number of rotatable bonds is 5. The van der Waals surface area contributed by atoms with Crippen LogP contribution in [0.3, 0.4) is 0 Å². The van der Waals surface area contributed by atoms with Crippen molar-refractivity contribution in [1.29, 1.82) is 5.26 Å². The van der Waals surface area contributed by atoms with Gasteiger partial charge >= 0.3 is 6.18 Å². The fourth-order valence-electron chi connectivity index (χ4n) is 1.63. The fraction of sp³-hybridized carbons (Fsp3) is 0.462. The molecule has 0 heterocycles. The summed E-state index contributed by atoms with van der Waals surface area (Å²) in [6, 6.07) is 10.2. The van der Waals surface area contributed by atoms with Crippen LogP contribution in [-0.2, 0) is 0 Å². The first-order chi connectivity index (χ1) is 8.42. The molecular weight excluding hydrogens is 241 g/mol. The van der Waals surface area contributed by atoms with Crippen molar-refractivity contribution < 1.29 is 13.2 Å². The van der Waals surface area contributed by atoms with E-state index in [0.29, 0.717) is 0 Å². The molecule has 0 spiro atoms. The average Bonchev–Trinajstić information content (AvgIpc) is 2.34. The third kappa shape index (κ3) is 5.19. The standard InChI is InChI=1S/C13H15F3N2/c1-10(11-5-3-2-4-6-11)18-12(9-17)7-8-13(14,15)16/h2-6,10,12,18H,7-8H2,1H3/t10-,12-/m1/s1. The normalized spacial score (nSPS) is 14.8. The van der Waals surface area contributed by atoms with Crippen LogP contribution < -0.4 is 5.32 Å². The largest absolute Gasteiger partial charge is 0.389 e. The molecule has 0 aromatic heterocycles. The molecule has 0 fully saturated rings. The van der Waals surface area contributed by atoms with Gasteiger partial charge in [-0.05, 0) is 18.9 Å². The van der Waals surface area contributed by atoms with Gasteiger partial charge in [0.15, 0.2) is 0 Å². The van der Waals surface area contributed by atoms with Gasteiger partial charge in [-0.25, -0.2) is 0 Å². The van der Waals surface area contributed by atoms with Crippen molar-refractivity contribution in [3.63, 3.8) is 0 Å². The topological polar surface area (TPSA) is 35.8 Å². The summed E-state index contributed by atoms with van der Waals surface area (Å²) in [5.74, 6) is 0. The van der Waals surface area contributed by atoms with E-state index in [4.69, 9.17) is 5.26 Å². The summed E-state index contributed by atoms with van der Waals surface area (Å²) in [4.78, 5) is 0. The maximum absolute atomic E-state index is 12.1. The van der Waals surface area contributed by atoms with Gasteiger partial charge in [0, 0.05) is 12.5 Å². The van der Waals surface area contributed by atoms with Crippen molar-refractivity contribution in [1.82, 2.24) is 5.32 Å². The van der Waals surface area contributed by atoms with Gasteiger partial charge in [0.05, 0.1) is 12.1 Å². The third-order valence-electron chi connectivity index (χ3n) is 2.62. The van der Waals surface area contributed by atoms with E-state index in [1.54, 1.807) is 0 Å². The maximum atomic E-state index is 12.1. The predicted octanol–water partition coefficient (Wildman–Crippen LogP) is 3.57. The van der Waals surface area contributed by atoms with E-state index in [1.165, 1.54) is 0 Å². The Bertz CT molecular complexity index is 395. The lowest BCUT2D eigenvalue weighted by Crippen LogP contribution is -2.31. The zero-order valence-electron chi connectivity index (χ0n) is 10.0. The first-order valence-corrected chi connectivity index (χ1v) is 5.70. The Kier molecular flexibility index (Phi) is 5.17. The summed E-state index contributed by atoms with van der Waals surface area (Å²) in [7, 11) is 0. The molecule has 2 nitrogen and oxygen atoms in total. The minimum atomic E-state index is -4.22. The average molecular weight is 256 g/mol.